The first-order valence-corrected chi connectivity index (χ1v) is 13.8. The standard InChI is InChI=1S/C32H34N2O9/c1-5-6-20(35)14-7-10-22(43-4)17(11-14)16-8-9-21(36)24-18(16)12-15-13-19-26(34(2)3)28(38)25(31(33)41)30(40)32(19,42)29(39)23(15)27(24)37/h5,7-11,15,19-20,26,35-37,40,42H,1,6,12-13H2,2-4H3,(H2,33,41)/t15-,19+,20?,26+,32+/m0/s1. The maximum absolute atomic E-state index is 14.1. The number of ether oxygens (including phenoxy) is 1. The minimum Gasteiger partial charge on any atom is -0.508 e. The van der Waals surface area contributed by atoms with Crippen LogP contribution in [-0.4, -0.2) is 80.8 Å². The van der Waals surface area contributed by atoms with E-state index >= 15 is 0 Å². The molecule has 11 nitrogen and oxygen atoms in total. The Morgan fingerprint density at radius 1 is 1.19 bits per heavy atom. The number of nitrogens with two attached hydrogens (primary N) is 1. The van der Waals surface area contributed by atoms with Gasteiger partial charge in [0.25, 0.3) is 5.91 Å². The second kappa shape index (κ2) is 10.7. The monoisotopic (exact) mass is 590 g/mol. The summed E-state index contributed by atoms with van der Waals surface area (Å²) in [5.74, 6) is -6.69. The van der Waals surface area contributed by atoms with Crippen molar-refractivity contribution in [2.45, 2.75) is 37.0 Å². The average Bonchev–Trinajstić information content (AvgIpc) is 2.94. The van der Waals surface area contributed by atoms with Crippen LogP contribution in [0.3, 0.4) is 0 Å². The van der Waals surface area contributed by atoms with Gasteiger partial charge in [0.05, 0.1) is 24.8 Å². The van der Waals surface area contributed by atoms with Crippen LogP contribution in [0.4, 0.5) is 0 Å². The van der Waals surface area contributed by atoms with Crippen LogP contribution < -0.4 is 10.5 Å². The summed E-state index contributed by atoms with van der Waals surface area (Å²) in [5.41, 5.74) is 3.75. The molecule has 0 radical (unpaired) electrons. The Bertz CT molecular complexity index is 1640. The van der Waals surface area contributed by atoms with Crippen LogP contribution in [0.2, 0.25) is 0 Å². The number of carbonyl (C=O) groups is 3. The Morgan fingerprint density at radius 3 is 2.49 bits per heavy atom. The van der Waals surface area contributed by atoms with Crippen LogP contribution in [0.5, 0.6) is 11.5 Å². The fourth-order valence-electron chi connectivity index (χ4n) is 6.93. The maximum atomic E-state index is 14.1. The minimum absolute atomic E-state index is 0.0317. The van der Waals surface area contributed by atoms with E-state index < -0.39 is 64.1 Å². The third-order valence-electron chi connectivity index (χ3n) is 8.89. The Labute approximate surface area is 247 Å². The molecule has 5 rings (SSSR count). The molecule has 0 aliphatic heterocycles. The van der Waals surface area contributed by atoms with E-state index in [1.54, 1.807) is 44.4 Å². The molecule has 43 heavy (non-hydrogen) atoms. The van der Waals surface area contributed by atoms with Crippen LogP contribution >= 0.6 is 0 Å². The minimum atomic E-state index is -2.71. The SMILES string of the molecule is C=CCC(O)c1ccc(OC)c(-c2ccc(O)c3c2C[C@H]2C[C@@H]4[C@@H](N(C)C)C(=O)C(C(N)=O)=C(O)[C@]4(O)C(=O)C2=C3O)c1. The predicted octanol–water partition coefficient (Wildman–Crippen LogP) is 2.25. The number of aromatic hydroxyl groups is 1. The topological polar surface area (TPSA) is 191 Å². The number of aliphatic hydroxyl groups is 4. The van der Waals surface area contributed by atoms with Crippen molar-refractivity contribution in [2.75, 3.05) is 21.2 Å². The zero-order chi connectivity index (χ0) is 31.5. The smallest absolute Gasteiger partial charge is 0.255 e. The molecule has 2 aromatic rings. The molecule has 2 aromatic carbocycles. The Balaban J connectivity index is 1.73. The number of ketones is 2. The fourth-order valence-corrected chi connectivity index (χ4v) is 6.93. The van der Waals surface area contributed by atoms with Gasteiger partial charge in [0, 0.05) is 17.1 Å². The molecule has 0 heterocycles. The third kappa shape index (κ3) is 4.34. The first-order chi connectivity index (χ1) is 20.3. The van der Waals surface area contributed by atoms with E-state index in [4.69, 9.17) is 10.5 Å². The molecule has 1 amide bonds. The summed E-state index contributed by atoms with van der Waals surface area (Å²) >= 11 is 0. The number of hydrogen-bond acceptors (Lipinski definition) is 10. The highest BCUT2D eigenvalue weighted by molar-refractivity contribution is 6.24. The molecule has 1 fully saturated rings. The molecule has 3 aliphatic rings. The van der Waals surface area contributed by atoms with Crippen LogP contribution in [0.1, 0.15) is 35.6 Å². The number of carbonyl (C=O) groups excluding carboxylic acids is 3. The van der Waals surface area contributed by atoms with Gasteiger partial charge in [-0.1, -0.05) is 18.2 Å². The largest absolute Gasteiger partial charge is 0.508 e. The second-order valence-corrected chi connectivity index (χ2v) is 11.4. The third-order valence-corrected chi connectivity index (χ3v) is 8.89. The lowest BCUT2D eigenvalue weighted by molar-refractivity contribution is -0.153. The van der Waals surface area contributed by atoms with E-state index in [2.05, 4.69) is 6.58 Å². The van der Waals surface area contributed by atoms with Gasteiger partial charge in [-0.25, -0.2) is 0 Å². The van der Waals surface area contributed by atoms with Crippen molar-refractivity contribution in [1.82, 2.24) is 4.90 Å². The van der Waals surface area contributed by atoms with Gasteiger partial charge in [-0.3, -0.25) is 19.3 Å². The highest BCUT2D eigenvalue weighted by atomic mass is 16.5. The van der Waals surface area contributed by atoms with E-state index in [-0.39, 0.29) is 29.7 Å². The number of phenols is 1. The summed E-state index contributed by atoms with van der Waals surface area (Å²) in [6, 6.07) is 6.99. The van der Waals surface area contributed by atoms with E-state index in [1.807, 2.05) is 0 Å². The Morgan fingerprint density at radius 2 is 1.88 bits per heavy atom. The summed E-state index contributed by atoms with van der Waals surface area (Å²) in [5, 5.41) is 55.9. The van der Waals surface area contributed by atoms with Gasteiger partial charge in [0.15, 0.2) is 11.4 Å². The molecule has 0 saturated heterocycles. The summed E-state index contributed by atoms with van der Waals surface area (Å²) in [6.07, 6.45) is 1.16. The number of aliphatic hydroxyl groups excluding tert-OH is 3. The zero-order valence-corrected chi connectivity index (χ0v) is 24.0. The fraction of sp³-hybridized carbons (Fsp3) is 0.344. The number of hydrogen-bond donors (Lipinski definition) is 6. The summed E-state index contributed by atoms with van der Waals surface area (Å²) in [4.78, 5) is 41.0. The van der Waals surface area contributed by atoms with Crippen molar-refractivity contribution in [3.63, 3.8) is 0 Å². The molecule has 3 aliphatic carbocycles. The van der Waals surface area contributed by atoms with Crippen LogP contribution in [0.25, 0.3) is 16.9 Å². The molecule has 0 spiro atoms. The average molecular weight is 591 g/mol. The molecule has 226 valence electrons. The number of likely N-dealkylation sites (N-methyl/N-ethyl adjacent to an activating group) is 1. The van der Waals surface area contributed by atoms with Gasteiger partial charge in [0.1, 0.15) is 28.6 Å². The quantitative estimate of drug-likeness (QED) is 0.206. The summed E-state index contributed by atoms with van der Waals surface area (Å²) in [7, 11) is 4.58. The van der Waals surface area contributed by atoms with Crippen molar-refractivity contribution < 1.29 is 44.7 Å². The second-order valence-electron chi connectivity index (χ2n) is 11.4. The number of benzene rings is 2. The maximum Gasteiger partial charge on any atom is 0.255 e. The highest BCUT2D eigenvalue weighted by Crippen LogP contribution is 2.54. The van der Waals surface area contributed by atoms with Crippen molar-refractivity contribution >= 4 is 23.2 Å². The first-order valence-electron chi connectivity index (χ1n) is 13.8. The van der Waals surface area contributed by atoms with Crippen molar-refractivity contribution in [3.05, 3.63) is 76.6 Å². The lowest BCUT2D eigenvalue weighted by Crippen LogP contribution is -2.65. The first kappa shape index (κ1) is 30.0. The van der Waals surface area contributed by atoms with E-state index in [0.717, 1.165) is 0 Å². The molecule has 7 N–H and O–H groups in total. The molecule has 5 atom stereocenters. The van der Waals surface area contributed by atoms with E-state index in [0.29, 0.717) is 34.4 Å². The van der Waals surface area contributed by atoms with Gasteiger partial charge in [-0.15, -0.1) is 6.58 Å². The normalized spacial score (nSPS) is 25.7. The number of phenolic OH excluding ortho intramolecular Hbond substituents is 1. The molecule has 0 aromatic heterocycles. The zero-order valence-electron chi connectivity index (χ0n) is 24.0. The van der Waals surface area contributed by atoms with Crippen LogP contribution in [-0.2, 0) is 20.8 Å². The van der Waals surface area contributed by atoms with Gasteiger partial charge < -0.3 is 36.0 Å². The molecule has 1 unspecified atom stereocenters. The van der Waals surface area contributed by atoms with Crippen LogP contribution in [0, 0.1) is 11.8 Å². The highest BCUT2D eigenvalue weighted by Gasteiger charge is 2.64. The number of rotatable bonds is 7. The predicted molar refractivity (Wildman–Crippen MR) is 156 cm³/mol. The molecule has 11 heteroatoms. The number of Topliss-reactive ketones (excluding diaryl/α,β-unsaturated/α-hetero) is 2. The lowest BCUT2D eigenvalue weighted by Gasteiger charge is -2.50. The van der Waals surface area contributed by atoms with Gasteiger partial charge >= 0.3 is 0 Å². The lowest BCUT2D eigenvalue weighted by atomic mass is 9.57. The Kier molecular flexibility index (Phi) is 7.45. The van der Waals surface area contributed by atoms with Gasteiger partial charge in [0.2, 0.25) is 5.78 Å². The summed E-state index contributed by atoms with van der Waals surface area (Å²) < 4.78 is 5.60. The molecule has 1 saturated carbocycles. The number of fused-ring (bicyclic) bond motifs is 3. The van der Waals surface area contributed by atoms with Crippen molar-refractivity contribution in [2.24, 2.45) is 17.6 Å². The van der Waals surface area contributed by atoms with Gasteiger partial charge in [-0.05, 0) is 74.2 Å². The number of nitrogens with zero attached hydrogens (tertiary/aromatic N) is 1. The summed E-state index contributed by atoms with van der Waals surface area (Å²) in [6.45, 7) is 3.68. The number of primary amides is 1. The van der Waals surface area contributed by atoms with Crippen molar-refractivity contribution in [1.29, 1.82) is 0 Å². The van der Waals surface area contributed by atoms with E-state index in [1.165, 1.54) is 18.1 Å². The van der Waals surface area contributed by atoms with Crippen molar-refractivity contribution in [3.8, 4) is 22.6 Å². The molecular weight excluding hydrogens is 556 g/mol. The molecular formula is C32H34N2O9. The Hall–Kier alpha value is -4.45. The number of amides is 1. The molecule has 0 bridgehead atoms. The number of methoxy groups -OCH3 is 1. The van der Waals surface area contributed by atoms with E-state index in [9.17, 15) is 39.9 Å². The van der Waals surface area contributed by atoms with Crippen LogP contribution in [0.15, 0.2) is 59.9 Å². The van der Waals surface area contributed by atoms with Gasteiger partial charge in [-0.2, -0.15) is 0 Å².